The maximum atomic E-state index is 6.34. The predicted molar refractivity (Wildman–Crippen MR) is 123 cm³/mol. The highest BCUT2D eigenvalue weighted by atomic mass is 35.5. The lowest BCUT2D eigenvalue weighted by atomic mass is 10.1. The van der Waals surface area contributed by atoms with Gasteiger partial charge in [0.2, 0.25) is 0 Å². The van der Waals surface area contributed by atoms with Crippen molar-refractivity contribution in [1.82, 2.24) is 14.8 Å². The van der Waals surface area contributed by atoms with Crippen molar-refractivity contribution in [3.63, 3.8) is 0 Å². The highest BCUT2D eigenvalue weighted by Crippen LogP contribution is 2.34. The van der Waals surface area contributed by atoms with E-state index in [1.54, 1.807) is 11.8 Å². The molecule has 1 heterocycles. The van der Waals surface area contributed by atoms with E-state index in [9.17, 15) is 0 Å². The molecule has 4 rings (SSSR count). The van der Waals surface area contributed by atoms with E-state index in [1.165, 1.54) is 0 Å². The monoisotopic (exact) mass is 459 g/mol. The van der Waals surface area contributed by atoms with E-state index in [0.717, 1.165) is 33.4 Å². The molecule has 0 atom stereocenters. The second-order valence-corrected chi connectivity index (χ2v) is 8.62. The normalized spacial score (nSPS) is 11.0. The summed E-state index contributed by atoms with van der Waals surface area (Å²) in [4.78, 5) is 0. The van der Waals surface area contributed by atoms with Crippen molar-refractivity contribution in [2.24, 2.45) is 0 Å². The third kappa shape index (κ3) is 4.31. The Balaban J connectivity index is 1.78. The summed E-state index contributed by atoms with van der Waals surface area (Å²) < 4.78 is 2.06. The van der Waals surface area contributed by atoms with E-state index in [1.807, 2.05) is 54.6 Å². The van der Waals surface area contributed by atoms with Gasteiger partial charge in [0.15, 0.2) is 11.0 Å². The molecule has 0 amide bonds. The van der Waals surface area contributed by atoms with Crippen molar-refractivity contribution in [1.29, 1.82) is 0 Å². The first-order valence-electron chi connectivity index (χ1n) is 8.87. The zero-order valence-corrected chi connectivity index (χ0v) is 18.5. The van der Waals surface area contributed by atoms with Crippen molar-refractivity contribution >= 4 is 46.6 Å². The first-order valence-corrected chi connectivity index (χ1v) is 11.0. The SMILES string of the molecule is Cc1ccccc1-n1c(SCc2c(Cl)cccc2Cl)nnc1-c1ccc(Cl)cc1. The van der Waals surface area contributed by atoms with Gasteiger partial charge < -0.3 is 0 Å². The van der Waals surface area contributed by atoms with Crippen molar-refractivity contribution in [3.8, 4) is 17.1 Å². The summed E-state index contributed by atoms with van der Waals surface area (Å²) in [5.41, 5.74) is 3.97. The van der Waals surface area contributed by atoms with Gasteiger partial charge in [0.1, 0.15) is 0 Å². The fourth-order valence-corrected chi connectivity index (χ4v) is 4.80. The quantitative estimate of drug-likeness (QED) is 0.289. The summed E-state index contributed by atoms with van der Waals surface area (Å²) in [5, 5.41) is 11.7. The van der Waals surface area contributed by atoms with Gasteiger partial charge in [-0.05, 0) is 60.5 Å². The van der Waals surface area contributed by atoms with Crippen molar-refractivity contribution in [2.75, 3.05) is 0 Å². The van der Waals surface area contributed by atoms with Gasteiger partial charge >= 0.3 is 0 Å². The number of aryl methyl sites for hydroxylation is 1. The number of thioether (sulfide) groups is 1. The van der Waals surface area contributed by atoms with Crippen LogP contribution in [-0.4, -0.2) is 14.8 Å². The minimum absolute atomic E-state index is 0.586. The lowest BCUT2D eigenvalue weighted by Crippen LogP contribution is -2.02. The minimum Gasteiger partial charge on any atom is -0.270 e. The number of benzene rings is 3. The summed E-state index contributed by atoms with van der Waals surface area (Å²) >= 11 is 20.3. The van der Waals surface area contributed by atoms with Crippen LogP contribution in [0.4, 0.5) is 0 Å². The fourth-order valence-electron chi connectivity index (χ4n) is 2.99. The zero-order valence-electron chi connectivity index (χ0n) is 15.4. The number of hydrogen-bond acceptors (Lipinski definition) is 3. The molecule has 0 unspecified atom stereocenters. The van der Waals surface area contributed by atoms with E-state index in [-0.39, 0.29) is 0 Å². The Morgan fingerprint density at radius 2 is 1.52 bits per heavy atom. The maximum Gasteiger partial charge on any atom is 0.196 e. The van der Waals surface area contributed by atoms with Crippen LogP contribution in [0, 0.1) is 6.92 Å². The standard InChI is InChI=1S/C22H16Cl3N3S/c1-14-5-2-3-8-20(14)28-21(15-9-11-16(23)12-10-15)26-27-22(28)29-13-17-18(24)6-4-7-19(17)25/h2-12H,13H2,1H3. The van der Waals surface area contributed by atoms with E-state index < -0.39 is 0 Å². The largest absolute Gasteiger partial charge is 0.270 e. The first-order chi connectivity index (χ1) is 14.0. The second-order valence-electron chi connectivity index (χ2n) is 6.42. The molecule has 0 aliphatic rings. The molecule has 0 aliphatic heterocycles. The lowest BCUT2D eigenvalue weighted by Gasteiger charge is -2.13. The third-order valence-corrected chi connectivity index (χ3v) is 6.42. The van der Waals surface area contributed by atoms with Gasteiger partial charge in [-0.15, -0.1) is 10.2 Å². The topological polar surface area (TPSA) is 30.7 Å². The van der Waals surface area contributed by atoms with Crippen LogP contribution in [0.25, 0.3) is 17.1 Å². The Morgan fingerprint density at radius 3 is 2.21 bits per heavy atom. The van der Waals surface area contributed by atoms with Crippen LogP contribution >= 0.6 is 46.6 Å². The number of para-hydroxylation sites is 1. The first kappa shape index (κ1) is 20.3. The number of halogens is 3. The average molecular weight is 461 g/mol. The molecule has 4 aromatic rings. The van der Waals surface area contributed by atoms with Crippen molar-refractivity contribution in [3.05, 3.63) is 92.9 Å². The Kier molecular flexibility index (Phi) is 6.16. The molecular formula is C22H16Cl3N3S. The van der Waals surface area contributed by atoms with Gasteiger partial charge in [-0.1, -0.05) is 70.8 Å². The minimum atomic E-state index is 0.586. The van der Waals surface area contributed by atoms with E-state index >= 15 is 0 Å². The molecule has 0 fully saturated rings. The molecule has 7 heteroatoms. The number of nitrogens with zero attached hydrogens (tertiary/aromatic N) is 3. The molecular weight excluding hydrogens is 445 g/mol. The molecule has 0 spiro atoms. The van der Waals surface area contributed by atoms with Gasteiger partial charge in [-0.3, -0.25) is 4.57 Å². The average Bonchev–Trinajstić information content (AvgIpc) is 3.12. The van der Waals surface area contributed by atoms with Gasteiger partial charge in [0.25, 0.3) is 0 Å². The van der Waals surface area contributed by atoms with Crippen LogP contribution in [-0.2, 0) is 5.75 Å². The molecule has 0 radical (unpaired) electrons. The Bertz CT molecular complexity index is 1140. The number of hydrogen-bond donors (Lipinski definition) is 0. The predicted octanol–water partition coefficient (Wildman–Crippen LogP) is 7.50. The van der Waals surface area contributed by atoms with Crippen LogP contribution in [0.15, 0.2) is 71.9 Å². The molecule has 3 nitrogen and oxygen atoms in total. The zero-order chi connectivity index (χ0) is 20.4. The highest BCUT2D eigenvalue weighted by molar-refractivity contribution is 7.98. The molecule has 1 aromatic heterocycles. The van der Waals surface area contributed by atoms with E-state index in [4.69, 9.17) is 34.8 Å². The van der Waals surface area contributed by atoms with Crippen LogP contribution < -0.4 is 0 Å². The van der Waals surface area contributed by atoms with E-state index in [2.05, 4.69) is 33.8 Å². The summed E-state index contributed by atoms with van der Waals surface area (Å²) in [5.74, 6) is 1.34. The van der Waals surface area contributed by atoms with Crippen molar-refractivity contribution < 1.29 is 0 Å². The second kappa shape index (κ2) is 8.80. The van der Waals surface area contributed by atoms with Gasteiger partial charge in [0, 0.05) is 26.4 Å². The smallest absolute Gasteiger partial charge is 0.196 e. The number of rotatable bonds is 5. The summed E-state index contributed by atoms with van der Waals surface area (Å²) in [6, 6.07) is 21.3. The molecule has 0 saturated heterocycles. The van der Waals surface area contributed by atoms with Gasteiger partial charge in [-0.25, -0.2) is 0 Å². The Labute approximate surface area is 188 Å². The molecule has 29 heavy (non-hydrogen) atoms. The van der Waals surface area contributed by atoms with E-state index in [0.29, 0.717) is 20.8 Å². The molecule has 3 aromatic carbocycles. The summed E-state index contributed by atoms with van der Waals surface area (Å²) in [6.07, 6.45) is 0. The molecule has 0 aliphatic carbocycles. The summed E-state index contributed by atoms with van der Waals surface area (Å²) in [6.45, 7) is 2.07. The molecule has 146 valence electrons. The Hall–Kier alpha value is -1.98. The molecule has 0 bridgehead atoms. The highest BCUT2D eigenvalue weighted by Gasteiger charge is 2.18. The van der Waals surface area contributed by atoms with Gasteiger partial charge in [0.05, 0.1) is 5.69 Å². The van der Waals surface area contributed by atoms with Crippen LogP contribution in [0.1, 0.15) is 11.1 Å². The maximum absolute atomic E-state index is 6.34. The van der Waals surface area contributed by atoms with Crippen LogP contribution in [0.5, 0.6) is 0 Å². The molecule has 0 N–H and O–H groups in total. The summed E-state index contributed by atoms with van der Waals surface area (Å²) in [7, 11) is 0. The number of aromatic nitrogens is 3. The molecule has 0 saturated carbocycles. The van der Waals surface area contributed by atoms with Gasteiger partial charge in [-0.2, -0.15) is 0 Å². The lowest BCUT2D eigenvalue weighted by molar-refractivity contribution is 0.880. The van der Waals surface area contributed by atoms with Crippen LogP contribution in [0.2, 0.25) is 15.1 Å². The third-order valence-electron chi connectivity index (χ3n) is 4.50. The fraction of sp³-hybridized carbons (Fsp3) is 0.0909. The van der Waals surface area contributed by atoms with Crippen LogP contribution in [0.3, 0.4) is 0 Å². The van der Waals surface area contributed by atoms with Crippen molar-refractivity contribution in [2.45, 2.75) is 17.8 Å². The Morgan fingerprint density at radius 1 is 0.828 bits per heavy atom.